The van der Waals surface area contributed by atoms with Crippen LogP contribution in [0.5, 0.6) is 5.88 Å². The van der Waals surface area contributed by atoms with Crippen LogP contribution in [0.2, 0.25) is 10.0 Å². The van der Waals surface area contributed by atoms with Crippen LogP contribution in [-0.4, -0.2) is 36.9 Å². The monoisotopic (exact) mass is 411 g/mol. The van der Waals surface area contributed by atoms with Crippen LogP contribution in [0.15, 0.2) is 41.4 Å². The first-order valence-corrected chi connectivity index (χ1v) is 10.1. The average molecular weight is 412 g/mol. The lowest BCUT2D eigenvalue weighted by Crippen LogP contribution is -2.44. The fourth-order valence-electron chi connectivity index (χ4n) is 2.75. The summed E-state index contributed by atoms with van der Waals surface area (Å²) in [6, 6.07) is 9.47. The Bertz CT molecular complexity index is 960. The van der Waals surface area contributed by atoms with Crippen LogP contribution in [0.3, 0.4) is 0 Å². The Morgan fingerprint density at radius 3 is 2.85 bits per heavy atom. The largest absolute Gasteiger partial charge is 0.473 e. The first-order valence-electron chi connectivity index (χ1n) is 7.88. The van der Waals surface area contributed by atoms with Gasteiger partial charge in [-0.3, -0.25) is 0 Å². The molecule has 0 N–H and O–H groups in total. The summed E-state index contributed by atoms with van der Waals surface area (Å²) in [5.41, 5.74) is 0.431. The van der Waals surface area contributed by atoms with Crippen LogP contribution in [0.1, 0.15) is 18.4 Å². The van der Waals surface area contributed by atoms with Crippen LogP contribution in [-0.2, 0) is 10.0 Å². The van der Waals surface area contributed by atoms with Crippen LogP contribution < -0.4 is 4.74 Å². The topological polar surface area (TPSA) is 83.3 Å². The molecule has 136 valence electrons. The van der Waals surface area contributed by atoms with Crippen molar-refractivity contribution in [2.75, 3.05) is 13.1 Å². The van der Waals surface area contributed by atoms with E-state index in [1.165, 1.54) is 28.7 Å². The van der Waals surface area contributed by atoms with Gasteiger partial charge in [0.1, 0.15) is 11.0 Å². The van der Waals surface area contributed by atoms with E-state index in [1.54, 1.807) is 12.1 Å². The molecule has 2 aromatic rings. The van der Waals surface area contributed by atoms with Crippen molar-refractivity contribution in [3.05, 3.63) is 52.1 Å². The Labute approximate surface area is 162 Å². The molecule has 1 aromatic heterocycles. The van der Waals surface area contributed by atoms with Crippen molar-refractivity contribution in [1.82, 2.24) is 9.29 Å². The third-order valence-electron chi connectivity index (χ3n) is 4.00. The number of nitriles is 1. The molecule has 1 aliphatic heterocycles. The molecule has 0 aliphatic carbocycles. The average Bonchev–Trinajstić information content (AvgIpc) is 2.64. The number of sulfonamides is 1. The predicted molar refractivity (Wildman–Crippen MR) is 97.8 cm³/mol. The van der Waals surface area contributed by atoms with Crippen molar-refractivity contribution in [2.24, 2.45) is 0 Å². The van der Waals surface area contributed by atoms with Gasteiger partial charge in [-0.1, -0.05) is 23.2 Å². The van der Waals surface area contributed by atoms with Gasteiger partial charge in [0.05, 0.1) is 23.2 Å². The predicted octanol–water partition coefficient (Wildman–Crippen LogP) is 3.49. The highest BCUT2D eigenvalue weighted by Gasteiger charge is 2.32. The minimum Gasteiger partial charge on any atom is -0.473 e. The van der Waals surface area contributed by atoms with E-state index in [-0.39, 0.29) is 22.6 Å². The smallest absolute Gasteiger partial charge is 0.244 e. The first kappa shape index (κ1) is 18.9. The minimum atomic E-state index is -3.79. The lowest BCUT2D eigenvalue weighted by Gasteiger charge is -2.32. The fourth-order valence-corrected chi connectivity index (χ4v) is 5.00. The molecule has 26 heavy (non-hydrogen) atoms. The van der Waals surface area contributed by atoms with Gasteiger partial charge in [0.15, 0.2) is 0 Å². The van der Waals surface area contributed by atoms with Crippen LogP contribution in [0.4, 0.5) is 0 Å². The van der Waals surface area contributed by atoms with Gasteiger partial charge < -0.3 is 4.74 Å². The zero-order chi connectivity index (χ0) is 18.7. The Hall–Kier alpha value is -1.85. The first-order chi connectivity index (χ1) is 12.4. The maximum atomic E-state index is 12.9. The van der Waals surface area contributed by atoms with E-state index >= 15 is 0 Å². The van der Waals surface area contributed by atoms with Crippen molar-refractivity contribution in [3.8, 4) is 11.9 Å². The number of pyridine rings is 1. The van der Waals surface area contributed by atoms with Crippen LogP contribution >= 0.6 is 23.2 Å². The van der Waals surface area contributed by atoms with E-state index in [9.17, 15) is 8.42 Å². The lowest BCUT2D eigenvalue weighted by molar-refractivity contribution is 0.124. The Morgan fingerprint density at radius 2 is 2.08 bits per heavy atom. The quantitative estimate of drug-likeness (QED) is 0.768. The summed E-state index contributed by atoms with van der Waals surface area (Å²) in [5, 5.41) is 9.37. The molecule has 1 aliphatic rings. The molecule has 3 rings (SSSR count). The molecule has 1 atom stereocenters. The molecule has 0 bridgehead atoms. The van der Waals surface area contributed by atoms with Crippen LogP contribution in [0.25, 0.3) is 0 Å². The molecule has 1 unspecified atom stereocenters. The van der Waals surface area contributed by atoms with E-state index < -0.39 is 10.0 Å². The van der Waals surface area contributed by atoms with Gasteiger partial charge in [-0.25, -0.2) is 13.4 Å². The molecule has 6 nitrogen and oxygen atoms in total. The van der Waals surface area contributed by atoms with Gasteiger partial charge in [-0.2, -0.15) is 9.57 Å². The van der Waals surface area contributed by atoms with E-state index in [0.717, 1.165) is 0 Å². The Balaban J connectivity index is 1.79. The number of piperidine rings is 1. The molecular formula is C17H15Cl2N3O3S. The van der Waals surface area contributed by atoms with Gasteiger partial charge in [0.2, 0.25) is 15.9 Å². The minimum absolute atomic E-state index is 0.0167. The molecule has 2 heterocycles. The summed E-state index contributed by atoms with van der Waals surface area (Å²) < 4.78 is 33.0. The van der Waals surface area contributed by atoms with E-state index in [1.807, 2.05) is 6.07 Å². The number of nitrogens with zero attached hydrogens (tertiary/aromatic N) is 3. The molecule has 9 heteroatoms. The number of aromatic nitrogens is 1. The van der Waals surface area contributed by atoms with Gasteiger partial charge in [-0.15, -0.1) is 0 Å². The highest BCUT2D eigenvalue weighted by atomic mass is 35.5. The molecule has 0 amide bonds. The van der Waals surface area contributed by atoms with Crippen molar-refractivity contribution < 1.29 is 13.2 Å². The van der Waals surface area contributed by atoms with Crippen molar-refractivity contribution >= 4 is 33.2 Å². The second-order valence-electron chi connectivity index (χ2n) is 5.81. The zero-order valence-corrected chi connectivity index (χ0v) is 15.9. The third-order valence-corrected chi connectivity index (χ3v) is 6.59. The highest BCUT2D eigenvalue weighted by molar-refractivity contribution is 7.89. The SMILES string of the molecule is N#Cc1ccnc(OC2CCCN(S(=O)(=O)c3cc(Cl)ccc3Cl)C2)c1. The second-order valence-corrected chi connectivity index (χ2v) is 8.56. The molecule has 1 saturated heterocycles. The number of hydrogen-bond donors (Lipinski definition) is 0. The summed E-state index contributed by atoms with van der Waals surface area (Å²) in [6.07, 6.45) is 2.45. The van der Waals surface area contributed by atoms with Gasteiger partial charge in [0, 0.05) is 23.8 Å². The fraction of sp³-hybridized carbons (Fsp3) is 0.294. The van der Waals surface area contributed by atoms with Gasteiger partial charge in [-0.05, 0) is 37.1 Å². The summed E-state index contributed by atoms with van der Waals surface area (Å²) in [5.74, 6) is 0.300. The number of benzene rings is 1. The molecular weight excluding hydrogens is 397 g/mol. The Kier molecular flexibility index (Phi) is 5.68. The Morgan fingerprint density at radius 1 is 1.27 bits per heavy atom. The summed E-state index contributed by atoms with van der Waals surface area (Å²) in [4.78, 5) is 4.06. The van der Waals surface area contributed by atoms with Gasteiger partial charge >= 0.3 is 0 Å². The second kappa shape index (κ2) is 7.80. The molecule has 1 aromatic carbocycles. The van der Waals surface area contributed by atoms with Crippen molar-refractivity contribution in [2.45, 2.75) is 23.8 Å². The summed E-state index contributed by atoms with van der Waals surface area (Å²) >= 11 is 12.0. The number of hydrogen-bond acceptors (Lipinski definition) is 5. The van der Waals surface area contributed by atoms with Crippen molar-refractivity contribution in [3.63, 3.8) is 0 Å². The zero-order valence-electron chi connectivity index (χ0n) is 13.6. The van der Waals surface area contributed by atoms with E-state index in [0.29, 0.717) is 35.9 Å². The van der Waals surface area contributed by atoms with Gasteiger partial charge in [0.25, 0.3) is 0 Å². The van der Waals surface area contributed by atoms with Crippen LogP contribution in [0, 0.1) is 11.3 Å². The maximum Gasteiger partial charge on any atom is 0.244 e. The van der Waals surface area contributed by atoms with E-state index in [2.05, 4.69) is 4.98 Å². The number of ether oxygens (including phenoxy) is 1. The standard InChI is InChI=1S/C17H15Cl2N3O3S/c18-13-3-4-15(19)16(9-13)26(23,24)22-7-1-2-14(11-22)25-17-8-12(10-20)5-6-21-17/h3-6,8-9,14H,1-2,7,11H2. The normalized spacial score (nSPS) is 18.3. The van der Waals surface area contributed by atoms with Crippen molar-refractivity contribution in [1.29, 1.82) is 5.26 Å². The number of halogens is 2. The van der Waals surface area contributed by atoms with E-state index in [4.69, 9.17) is 33.2 Å². The molecule has 0 saturated carbocycles. The molecule has 1 fully saturated rings. The third kappa shape index (κ3) is 4.10. The summed E-state index contributed by atoms with van der Waals surface area (Å²) in [7, 11) is -3.79. The maximum absolute atomic E-state index is 12.9. The lowest BCUT2D eigenvalue weighted by atomic mass is 10.1. The highest BCUT2D eigenvalue weighted by Crippen LogP contribution is 2.30. The molecule has 0 radical (unpaired) electrons. The molecule has 0 spiro atoms. The summed E-state index contributed by atoms with van der Waals surface area (Å²) in [6.45, 7) is 0.542. The number of rotatable bonds is 4.